The lowest BCUT2D eigenvalue weighted by molar-refractivity contribution is 0.145. The minimum Gasteiger partial charge on any atom is -0.309 e. The maximum Gasteiger partial charge on any atom is 0.259 e. The number of hydrogen-bond acceptors (Lipinski definition) is 5. The third-order valence-electron chi connectivity index (χ3n) is 4.59. The fourth-order valence-corrected chi connectivity index (χ4v) is 4.62. The summed E-state index contributed by atoms with van der Waals surface area (Å²) in [5.41, 5.74) is 1.32. The Kier molecular flexibility index (Phi) is 3.32. The zero-order valence-corrected chi connectivity index (χ0v) is 13.1. The normalized spacial score (nSPS) is 20.2. The van der Waals surface area contributed by atoms with Crippen molar-refractivity contribution in [3.05, 3.63) is 26.6 Å². The van der Waals surface area contributed by atoms with Gasteiger partial charge in [0.05, 0.1) is 11.9 Å². The number of piperazine rings is 1. The summed E-state index contributed by atoms with van der Waals surface area (Å²) in [5, 5.41) is 0.856. The van der Waals surface area contributed by atoms with E-state index in [2.05, 4.69) is 21.8 Å². The summed E-state index contributed by atoms with van der Waals surface area (Å²) in [7, 11) is 2.15. The van der Waals surface area contributed by atoms with Gasteiger partial charge in [-0.15, -0.1) is 11.3 Å². The number of H-pyrrole nitrogens is 1. The minimum absolute atomic E-state index is 0.0588. The van der Waals surface area contributed by atoms with Gasteiger partial charge in [0.1, 0.15) is 10.7 Å². The molecule has 0 atom stereocenters. The Morgan fingerprint density at radius 1 is 1.24 bits per heavy atom. The first-order valence-electron chi connectivity index (χ1n) is 7.65. The molecule has 6 heteroatoms. The van der Waals surface area contributed by atoms with E-state index in [9.17, 15) is 4.79 Å². The molecule has 0 spiro atoms. The highest BCUT2D eigenvalue weighted by atomic mass is 32.1. The van der Waals surface area contributed by atoms with Crippen LogP contribution in [-0.2, 0) is 19.4 Å². The smallest absolute Gasteiger partial charge is 0.259 e. The SMILES string of the molecule is CN1CCN(Cc2nc3sc4c(c3c(=O)[nH]2)CCC4)CC1. The van der Waals surface area contributed by atoms with Crippen LogP contribution >= 0.6 is 11.3 Å². The number of thiophene rings is 1. The van der Waals surface area contributed by atoms with Crippen molar-refractivity contribution in [3.8, 4) is 0 Å². The molecule has 3 heterocycles. The number of hydrogen-bond donors (Lipinski definition) is 1. The van der Waals surface area contributed by atoms with Crippen LogP contribution in [0, 0.1) is 0 Å². The average Bonchev–Trinajstić information content (AvgIpc) is 3.01. The monoisotopic (exact) mass is 304 g/mol. The quantitative estimate of drug-likeness (QED) is 0.906. The van der Waals surface area contributed by atoms with Gasteiger partial charge in [0.15, 0.2) is 0 Å². The number of rotatable bonds is 2. The average molecular weight is 304 g/mol. The molecule has 2 aliphatic rings. The van der Waals surface area contributed by atoms with E-state index in [4.69, 9.17) is 4.98 Å². The standard InChI is InChI=1S/C15H20N4OS/c1-18-5-7-19(8-6-18)9-12-16-14(20)13-10-3-2-4-11(10)21-15(13)17-12/h2-9H2,1H3,(H,16,17,20). The van der Waals surface area contributed by atoms with Crippen LogP contribution in [0.2, 0.25) is 0 Å². The highest BCUT2D eigenvalue weighted by molar-refractivity contribution is 7.18. The van der Waals surface area contributed by atoms with Gasteiger partial charge in [-0.1, -0.05) is 0 Å². The Balaban J connectivity index is 1.63. The van der Waals surface area contributed by atoms with Crippen LogP contribution in [0.4, 0.5) is 0 Å². The van der Waals surface area contributed by atoms with Crippen LogP contribution in [0.3, 0.4) is 0 Å². The van der Waals surface area contributed by atoms with Crippen molar-refractivity contribution in [2.75, 3.05) is 33.2 Å². The van der Waals surface area contributed by atoms with E-state index in [0.717, 1.165) is 61.6 Å². The predicted octanol–water partition coefficient (Wildman–Crippen LogP) is 1.22. The van der Waals surface area contributed by atoms with Crippen LogP contribution in [0.5, 0.6) is 0 Å². The van der Waals surface area contributed by atoms with E-state index in [1.165, 1.54) is 16.9 Å². The van der Waals surface area contributed by atoms with Crippen molar-refractivity contribution in [3.63, 3.8) is 0 Å². The Hall–Kier alpha value is -1.24. The van der Waals surface area contributed by atoms with Gasteiger partial charge < -0.3 is 9.88 Å². The van der Waals surface area contributed by atoms with E-state index >= 15 is 0 Å². The molecule has 4 rings (SSSR count). The molecule has 1 saturated heterocycles. The molecule has 2 aromatic rings. The Labute approximate surface area is 127 Å². The molecule has 0 saturated carbocycles. The molecule has 1 fully saturated rings. The predicted molar refractivity (Wildman–Crippen MR) is 85.0 cm³/mol. The molecule has 0 amide bonds. The number of nitrogens with one attached hydrogen (secondary N) is 1. The second-order valence-corrected chi connectivity index (χ2v) is 7.21. The van der Waals surface area contributed by atoms with Crippen molar-refractivity contribution in [1.82, 2.24) is 19.8 Å². The van der Waals surface area contributed by atoms with Gasteiger partial charge >= 0.3 is 0 Å². The first-order chi connectivity index (χ1) is 10.2. The molecule has 0 bridgehead atoms. The van der Waals surface area contributed by atoms with Gasteiger partial charge in [-0.3, -0.25) is 9.69 Å². The third kappa shape index (κ3) is 2.41. The molecule has 21 heavy (non-hydrogen) atoms. The second-order valence-electron chi connectivity index (χ2n) is 6.13. The number of nitrogens with zero attached hydrogens (tertiary/aromatic N) is 3. The molecule has 2 aromatic heterocycles. The maximum atomic E-state index is 12.4. The number of aromatic amines is 1. The van der Waals surface area contributed by atoms with Crippen molar-refractivity contribution >= 4 is 21.6 Å². The van der Waals surface area contributed by atoms with Crippen LogP contribution in [0.15, 0.2) is 4.79 Å². The highest BCUT2D eigenvalue weighted by Gasteiger charge is 2.22. The van der Waals surface area contributed by atoms with Crippen LogP contribution < -0.4 is 5.56 Å². The maximum absolute atomic E-state index is 12.4. The van der Waals surface area contributed by atoms with Gasteiger partial charge in [0.25, 0.3) is 5.56 Å². The first kappa shape index (κ1) is 13.4. The minimum atomic E-state index is 0.0588. The van der Waals surface area contributed by atoms with E-state index in [0.29, 0.717) is 0 Å². The van der Waals surface area contributed by atoms with Gasteiger partial charge in [0, 0.05) is 31.1 Å². The zero-order valence-electron chi connectivity index (χ0n) is 12.3. The number of aromatic nitrogens is 2. The van der Waals surface area contributed by atoms with Crippen molar-refractivity contribution in [2.45, 2.75) is 25.8 Å². The molecule has 112 valence electrons. The first-order valence-corrected chi connectivity index (χ1v) is 8.47. The molecule has 0 aromatic carbocycles. The zero-order chi connectivity index (χ0) is 14.4. The lowest BCUT2D eigenvalue weighted by Gasteiger charge is -2.31. The topological polar surface area (TPSA) is 52.2 Å². The lowest BCUT2D eigenvalue weighted by atomic mass is 10.2. The molecule has 1 N–H and O–H groups in total. The third-order valence-corrected chi connectivity index (χ3v) is 5.78. The van der Waals surface area contributed by atoms with Gasteiger partial charge in [-0.25, -0.2) is 4.98 Å². The largest absolute Gasteiger partial charge is 0.309 e. The fourth-order valence-electron chi connectivity index (χ4n) is 3.34. The summed E-state index contributed by atoms with van der Waals surface area (Å²) in [6, 6.07) is 0. The molecular weight excluding hydrogens is 284 g/mol. The van der Waals surface area contributed by atoms with Gasteiger partial charge in [0.2, 0.25) is 0 Å². The molecule has 5 nitrogen and oxygen atoms in total. The number of aryl methyl sites for hydroxylation is 2. The van der Waals surface area contributed by atoms with Crippen LogP contribution in [0.1, 0.15) is 22.7 Å². The van der Waals surface area contributed by atoms with E-state index in [1.807, 2.05) is 0 Å². The van der Waals surface area contributed by atoms with Crippen molar-refractivity contribution in [2.24, 2.45) is 0 Å². The fraction of sp³-hybridized carbons (Fsp3) is 0.600. The summed E-state index contributed by atoms with van der Waals surface area (Å²) < 4.78 is 0. The Morgan fingerprint density at radius 3 is 2.86 bits per heavy atom. The molecular formula is C15H20N4OS. The van der Waals surface area contributed by atoms with Crippen LogP contribution in [0.25, 0.3) is 10.2 Å². The highest BCUT2D eigenvalue weighted by Crippen LogP contribution is 2.34. The Bertz CT molecular complexity index is 727. The van der Waals surface area contributed by atoms with Crippen LogP contribution in [-0.4, -0.2) is 53.0 Å². The van der Waals surface area contributed by atoms with E-state index in [1.54, 1.807) is 11.3 Å². The summed E-state index contributed by atoms with van der Waals surface area (Å²) in [4.78, 5) is 27.1. The summed E-state index contributed by atoms with van der Waals surface area (Å²) >= 11 is 1.72. The number of fused-ring (bicyclic) bond motifs is 3. The summed E-state index contributed by atoms with van der Waals surface area (Å²) in [5.74, 6) is 0.817. The second kappa shape index (κ2) is 5.19. The lowest BCUT2D eigenvalue weighted by Crippen LogP contribution is -2.44. The van der Waals surface area contributed by atoms with Crippen molar-refractivity contribution in [1.29, 1.82) is 0 Å². The summed E-state index contributed by atoms with van der Waals surface area (Å²) in [6.45, 7) is 5.00. The molecule has 1 aliphatic heterocycles. The van der Waals surface area contributed by atoms with Gasteiger partial charge in [-0.05, 0) is 31.9 Å². The van der Waals surface area contributed by atoms with Gasteiger partial charge in [-0.2, -0.15) is 0 Å². The molecule has 1 aliphatic carbocycles. The van der Waals surface area contributed by atoms with E-state index in [-0.39, 0.29) is 5.56 Å². The molecule has 0 radical (unpaired) electrons. The molecule has 0 unspecified atom stereocenters. The number of likely N-dealkylation sites (N-methyl/N-ethyl adjacent to an activating group) is 1. The Morgan fingerprint density at radius 2 is 2.05 bits per heavy atom. The van der Waals surface area contributed by atoms with E-state index < -0.39 is 0 Å². The van der Waals surface area contributed by atoms with Crippen molar-refractivity contribution < 1.29 is 0 Å². The summed E-state index contributed by atoms with van der Waals surface area (Å²) in [6.07, 6.45) is 3.33.